The van der Waals surface area contributed by atoms with Gasteiger partial charge in [-0.2, -0.15) is 0 Å². The van der Waals surface area contributed by atoms with Crippen LogP contribution in [0.2, 0.25) is 0 Å². The van der Waals surface area contributed by atoms with Crippen molar-refractivity contribution in [2.75, 3.05) is 4.43 Å². The Morgan fingerprint density at radius 3 is 2.80 bits per heavy atom. The predicted octanol–water partition coefficient (Wildman–Crippen LogP) is 3.06. The van der Waals surface area contributed by atoms with Crippen molar-refractivity contribution in [3.63, 3.8) is 0 Å². The molecular formula is C10H10INO3. The van der Waals surface area contributed by atoms with E-state index in [0.717, 1.165) is 0 Å². The third-order valence-electron chi connectivity index (χ3n) is 1.77. The summed E-state index contributed by atoms with van der Waals surface area (Å²) in [6.45, 7) is 3.86. The van der Waals surface area contributed by atoms with Gasteiger partial charge >= 0.3 is 0 Å². The van der Waals surface area contributed by atoms with Gasteiger partial charge in [-0.1, -0.05) is 41.3 Å². The van der Waals surface area contributed by atoms with E-state index in [1.165, 1.54) is 6.07 Å². The number of nitro groups is 1. The third-order valence-corrected chi connectivity index (χ3v) is 2.62. The van der Waals surface area contributed by atoms with Crippen molar-refractivity contribution in [2.45, 2.75) is 6.61 Å². The number of allylic oxidation sites excluding steroid dienone is 1. The fourth-order valence-corrected chi connectivity index (χ4v) is 1.25. The SMILES string of the molecule is C=C(CI)OCc1ccccc1[N+](=O)[O-]. The molecule has 1 aromatic carbocycles. The zero-order valence-electron chi connectivity index (χ0n) is 7.98. The van der Waals surface area contributed by atoms with Crippen LogP contribution in [0.5, 0.6) is 0 Å². The van der Waals surface area contributed by atoms with Gasteiger partial charge in [0.05, 0.1) is 20.7 Å². The summed E-state index contributed by atoms with van der Waals surface area (Å²) in [5.41, 5.74) is 0.646. The highest BCUT2D eigenvalue weighted by molar-refractivity contribution is 14.1. The molecule has 0 radical (unpaired) electrons. The Morgan fingerprint density at radius 2 is 2.20 bits per heavy atom. The summed E-state index contributed by atoms with van der Waals surface area (Å²) in [5.74, 6) is 0.619. The Balaban J connectivity index is 2.76. The van der Waals surface area contributed by atoms with Gasteiger partial charge in [0.2, 0.25) is 0 Å². The maximum Gasteiger partial charge on any atom is 0.276 e. The molecule has 5 heteroatoms. The number of halogens is 1. The molecule has 0 bridgehead atoms. The normalized spacial score (nSPS) is 9.67. The van der Waals surface area contributed by atoms with E-state index in [2.05, 4.69) is 29.2 Å². The van der Waals surface area contributed by atoms with E-state index in [4.69, 9.17) is 4.74 Å². The minimum Gasteiger partial charge on any atom is -0.493 e. The Morgan fingerprint density at radius 1 is 1.53 bits per heavy atom. The summed E-state index contributed by atoms with van der Waals surface area (Å²) >= 11 is 2.12. The molecule has 15 heavy (non-hydrogen) atoms. The van der Waals surface area contributed by atoms with E-state index in [0.29, 0.717) is 15.8 Å². The van der Waals surface area contributed by atoms with Crippen LogP contribution in [0.3, 0.4) is 0 Å². The van der Waals surface area contributed by atoms with Crippen LogP contribution in [-0.4, -0.2) is 9.35 Å². The van der Waals surface area contributed by atoms with Crippen molar-refractivity contribution in [3.05, 3.63) is 52.3 Å². The maximum atomic E-state index is 10.7. The lowest BCUT2D eigenvalue weighted by molar-refractivity contribution is -0.385. The van der Waals surface area contributed by atoms with Crippen LogP contribution in [0.1, 0.15) is 5.56 Å². The number of nitro benzene ring substituents is 1. The highest BCUT2D eigenvalue weighted by atomic mass is 127. The van der Waals surface area contributed by atoms with Crippen molar-refractivity contribution in [1.29, 1.82) is 0 Å². The molecule has 0 heterocycles. The van der Waals surface area contributed by atoms with E-state index in [1.54, 1.807) is 18.2 Å². The number of ether oxygens (including phenoxy) is 1. The van der Waals surface area contributed by atoms with E-state index < -0.39 is 4.92 Å². The van der Waals surface area contributed by atoms with Gasteiger partial charge in [0.25, 0.3) is 5.69 Å². The van der Waals surface area contributed by atoms with Crippen LogP contribution < -0.4 is 0 Å². The van der Waals surface area contributed by atoms with Gasteiger partial charge in [-0.3, -0.25) is 10.1 Å². The highest BCUT2D eigenvalue weighted by Crippen LogP contribution is 2.19. The van der Waals surface area contributed by atoms with Crippen LogP contribution in [0, 0.1) is 10.1 Å². The molecule has 1 rings (SSSR count). The standard InChI is InChI=1S/C10H10INO3/c1-8(6-11)15-7-9-4-2-3-5-10(9)12(13)14/h2-5H,1,6-7H2. The first kappa shape index (κ1) is 12.0. The Hall–Kier alpha value is -1.11. The molecular weight excluding hydrogens is 309 g/mol. The molecule has 80 valence electrons. The molecule has 0 saturated carbocycles. The summed E-state index contributed by atoms with van der Waals surface area (Å²) in [6, 6.07) is 6.53. The molecule has 0 aliphatic heterocycles. The van der Waals surface area contributed by atoms with Crippen molar-refractivity contribution in [3.8, 4) is 0 Å². The van der Waals surface area contributed by atoms with Crippen molar-refractivity contribution >= 4 is 28.3 Å². The number of hydrogen-bond donors (Lipinski definition) is 0. The number of para-hydroxylation sites is 1. The lowest BCUT2D eigenvalue weighted by Crippen LogP contribution is -1.98. The molecule has 1 aromatic rings. The average molecular weight is 319 g/mol. The molecule has 0 saturated heterocycles. The first-order chi connectivity index (χ1) is 7.15. The van der Waals surface area contributed by atoms with Crippen LogP contribution in [-0.2, 0) is 11.3 Å². The summed E-state index contributed by atoms with van der Waals surface area (Å²) < 4.78 is 5.94. The Kier molecular flexibility index (Phi) is 4.54. The maximum absolute atomic E-state index is 10.7. The molecule has 0 unspecified atom stereocenters. The Bertz CT molecular complexity index is 379. The van der Waals surface area contributed by atoms with Crippen LogP contribution in [0.4, 0.5) is 5.69 Å². The minimum absolute atomic E-state index is 0.0822. The average Bonchev–Trinajstić information content (AvgIpc) is 2.26. The number of benzene rings is 1. The molecule has 0 amide bonds. The number of rotatable bonds is 5. The van der Waals surface area contributed by atoms with Crippen molar-refractivity contribution < 1.29 is 9.66 Å². The molecule has 0 fully saturated rings. The lowest BCUT2D eigenvalue weighted by atomic mass is 10.2. The Labute approximate surface area is 101 Å². The fraction of sp³-hybridized carbons (Fsp3) is 0.200. The van der Waals surface area contributed by atoms with Crippen LogP contribution >= 0.6 is 22.6 Å². The van der Waals surface area contributed by atoms with E-state index in [9.17, 15) is 10.1 Å². The monoisotopic (exact) mass is 319 g/mol. The van der Waals surface area contributed by atoms with Crippen molar-refractivity contribution in [1.82, 2.24) is 0 Å². The van der Waals surface area contributed by atoms with Gasteiger partial charge < -0.3 is 4.74 Å². The second-order valence-electron chi connectivity index (χ2n) is 2.85. The summed E-state index contributed by atoms with van der Waals surface area (Å²) in [5, 5.41) is 10.7. The number of alkyl halides is 1. The zero-order chi connectivity index (χ0) is 11.3. The number of hydrogen-bond acceptors (Lipinski definition) is 3. The van der Waals surface area contributed by atoms with Gasteiger partial charge in [-0.25, -0.2) is 0 Å². The van der Waals surface area contributed by atoms with E-state index in [1.807, 2.05) is 0 Å². The van der Waals surface area contributed by atoms with Gasteiger partial charge in [0.1, 0.15) is 6.61 Å². The van der Waals surface area contributed by atoms with E-state index >= 15 is 0 Å². The molecule has 0 N–H and O–H groups in total. The second-order valence-corrected chi connectivity index (χ2v) is 3.61. The summed E-state index contributed by atoms with van der Waals surface area (Å²) in [6.07, 6.45) is 0. The van der Waals surface area contributed by atoms with Gasteiger partial charge in [0.15, 0.2) is 0 Å². The molecule has 0 aliphatic carbocycles. The molecule has 4 nitrogen and oxygen atoms in total. The molecule has 0 atom stereocenters. The first-order valence-corrected chi connectivity index (χ1v) is 5.76. The molecule has 0 spiro atoms. The largest absolute Gasteiger partial charge is 0.493 e. The lowest BCUT2D eigenvalue weighted by Gasteiger charge is -2.06. The fourth-order valence-electron chi connectivity index (χ4n) is 1.03. The smallest absolute Gasteiger partial charge is 0.276 e. The van der Waals surface area contributed by atoms with E-state index in [-0.39, 0.29) is 12.3 Å². The topological polar surface area (TPSA) is 52.4 Å². The quantitative estimate of drug-likeness (QED) is 0.276. The molecule has 0 aromatic heterocycles. The first-order valence-electron chi connectivity index (χ1n) is 4.24. The van der Waals surface area contributed by atoms with Gasteiger partial charge in [0, 0.05) is 6.07 Å². The van der Waals surface area contributed by atoms with Crippen molar-refractivity contribution in [2.24, 2.45) is 0 Å². The van der Waals surface area contributed by atoms with Crippen LogP contribution in [0.25, 0.3) is 0 Å². The predicted molar refractivity (Wildman–Crippen MR) is 65.9 cm³/mol. The number of nitrogens with zero attached hydrogens (tertiary/aromatic N) is 1. The van der Waals surface area contributed by atoms with Gasteiger partial charge in [-0.05, 0) is 6.07 Å². The summed E-state index contributed by atoms with van der Waals surface area (Å²) in [4.78, 5) is 10.3. The summed E-state index contributed by atoms with van der Waals surface area (Å²) in [7, 11) is 0. The van der Waals surface area contributed by atoms with Gasteiger partial charge in [-0.15, -0.1) is 0 Å². The minimum atomic E-state index is -0.411. The molecule has 0 aliphatic rings. The highest BCUT2D eigenvalue weighted by Gasteiger charge is 2.12. The van der Waals surface area contributed by atoms with Crippen LogP contribution in [0.15, 0.2) is 36.6 Å². The third kappa shape index (κ3) is 3.50. The zero-order valence-corrected chi connectivity index (χ0v) is 10.1. The second kappa shape index (κ2) is 5.69.